The summed E-state index contributed by atoms with van der Waals surface area (Å²) in [5.74, 6) is 2.45. The first-order chi connectivity index (χ1) is 10.9. The number of aromatic nitrogens is 3. The fourth-order valence-corrected chi connectivity index (χ4v) is 3.28. The highest BCUT2D eigenvalue weighted by Crippen LogP contribution is 2.25. The largest absolute Gasteiger partial charge is 0.333 e. The molecule has 0 unspecified atom stereocenters. The number of rotatable bonds is 3. The Kier molecular flexibility index (Phi) is 4.43. The highest BCUT2D eigenvalue weighted by Gasteiger charge is 2.25. The lowest BCUT2D eigenvalue weighted by atomic mass is 10.2. The molecule has 0 aliphatic carbocycles. The van der Waals surface area contributed by atoms with Crippen LogP contribution in [0, 0.1) is 0 Å². The molecular formula is C17H22N4OS. The Morgan fingerprint density at radius 3 is 2.61 bits per heavy atom. The number of thioether (sulfide) groups is 1. The van der Waals surface area contributed by atoms with Gasteiger partial charge in [0, 0.05) is 23.4 Å². The molecule has 0 fully saturated rings. The molecule has 6 heteroatoms. The van der Waals surface area contributed by atoms with Crippen LogP contribution in [0.2, 0.25) is 0 Å². The number of hydrogen-bond donors (Lipinski definition) is 0. The van der Waals surface area contributed by atoms with E-state index in [1.807, 2.05) is 35.2 Å². The van der Waals surface area contributed by atoms with Gasteiger partial charge in [-0.25, -0.2) is 0 Å². The van der Waals surface area contributed by atoms with Crippen molar-refractivity contribution in [3.63, 3.8) is 0 Å². The maximum atomic E-state index is 12.4. The first-order valence-electron chi connectivity index (χ1n) is 7.83. The molecule has 0 bridgehead atoms. The second-order valence-corrected chi connectivity index (χ2v) is 8.48. The molecule has 0 N–H and O–H groups in total. The van der Waals surface area contributed by atoms with Gasteiger partial charge in [0.2, 0.25) is 5.91 Å². The number of hydrogen-bond acceptors (Lipinski definition) is 4. The van der Waals surface area contributed by atoms with Crippen molar-refractivity contribution in [3.05, 3.63) is 36.2 Å². The summed E-state index contributed by atoms with van der Waals surface area (Å²) in [5.41, 5.74) is 1.06. The van der Waals surface area contributed by atoms with Gasteiger partial charge >= 0.3 is 0 Å². The first-order valence-corrected chi connectivity index (χ1v) is 8.82. The van der Waals surface area contributed by atoms with Crippen LogP contribution in [-0.2, 0) is 17.9 Å². The third-order valence-electron chi connectivity index (χ3n) is 3.77. The number of fused-ring (bicyclic) bond motifs is 1. The number of carbonyl (C=O) groups excluding carboxylic acids is 1. The Morgan fingerprint density at radius 1 is 1.17 bits per heavy atom. The van der Waals surface area contributed by atoms with Crippen LogP contribution in [0.1, 0.15) is 26.6 Å². The zero-order valence-electron chi connectivity index (χ0n) is 13.8. The lowest BCUT2D eigenvalue weighted by Gasteiger charge is -2.29. The average Bonchev–Trinajstić information content (AvgIpc) is 2.95. The Bertz CT molecular complexity index is 690. The molecule has 0 radical (unpaired) electrons. The molecule has 3 rings (SSSR count). The van der Waals surface area contributed by atoms with E-state index < -0.39 is 0 Å². The number of amides is 1. The van der Waals surface area contributed by atoms with E-state index in [2.05, 4.69) is 35.5 Å². The third-order valence-corrected chi connectivity index (χ3v) is 5.02. The Hall–Kier alpha value is -1.82. The van der Waals surface area contributed by atoms with Crippen LogP contribution in [0.3, 0.4) is 0 Å². The van der Waals surface area contributed by atoms with Gasteiger partial charge in [0.05, 0.1) is 12.3 Å². The zero-order chi connectivity index (χ0) is 16.4. The third kappa shape index (κ3) is 3.75. The summed E-state index contributed by atoms with van der Waals surface area (Å²) in [6.07, 6.45) is 0. The molecule has 0 saturated carbocycles. The fraction of sp³-hybridized carbons (Fsp3) is 0.471. The summed E-state index contributed by atoms with van der Waals surface area (Å²) in [7, 11) is 0. The van der Waals surface area contributed by atoms with Crippen LogP contribution in [0.15, 0.2) is 30.3 Å². The van der Waals surface area contributed by atoms with Crippen molar-refractivity contribution in [1.29, 1.82) is 0 Å². The fourth-order valence-electron chi connectivity index (χ4n) is 2.54. The number of benzene rings is 1. The van der Waals surface area contributed by atoms with Crippen molar-refractivity contribution in [3.8, 4) is 11.4 Å². The van der Waals surface area contributed by atoms with Gasteiger partial charge in [-0.2, -0.15) is 0 Å². The molecule has 0 spiro atoms. The molecule has 2 heterocycles. The normalized spacial score (nSPS) is 14.7. The van der Waals surface area contributed by atoms with Crippen LogP contribution in [0.25, 0.3) is 11.4 Å². The Balaban J connectivity index is 1.71. The predicted octanol–water partition coefficient (Wildman–Crippen LogP) is 2.82. The summed E-state index contributed by atoms with van der Waals surface area (Å²) in [6, 6.07) is 10.1. The van der Waals surface area contributed by atoms with Gasteiger partial charge in [-0.05, 0) is 0 Å². The molecule has 122 valence electrons. The van der Waals surface area contributed by atoms with E-state index in [1.54, 1.807) is 11.8 Å². The van der Waals surface area contributed by atoms with E-state index >= 15 is 0 Å². The summed E-state index contributed by atoms with van der Waals surface area (Å²) < 4.78 is 2.22. The summed E-state index contributed by atoms with van der Waals surface area (Å²) in [6.45, 7) is 8.40. The molecule has 5 nitrogen and oxygen atoms in total. The van der Waals surface area contributed by atoms with Crippen LogP contribution >= 0.6 is 11.8 Å². The van der Waals surface area contributed by atoms with Crippen molar-refractivity contribution in [2.75, 3.05) is 12.3 Å². The topological polar surface area (TPSA) is 51.0 Å². The molecular weight excluding hydrogens is 308 g/mol. The minimum atomic E-state index is 0.103. The van der Waals surface area contributed by atoms with Crippen LogP contribution in [0.5, 0.6) is 0 Å². The smallest absolute Gasteiger partial charge is 0.233 e. The van der Waals surface area contributed by atoms with E-state index in [-0.39, 0.29) is 10.7 Å². The second kappa shape index (κ2) is 6.35. The van der Waals surface area contributed by atoms with Gasteiger partial charge in [0.25, 0.3) is 0 Å². The molecule has 0 saturated heterocycles. The van der Waals surface area contributed by atoms with Crippen molar-refractivity contribution >= 4 is 17.7 Å². The van der Waals surface area contributed by atoms with Gasteiger partial charge in [0.1, 0.15) is 0 Å². The highest BCUT2D eigenvalue weighted by molar-refractivity contribution is 8.01. The van der Waals surface area contributed by atoms with Gasteiger partial charge in [-0.15, -0.1) is 22.0 Å². The molecule has 1 aliphatic rings. The van der Waals surface area contributed by atoms with Crippen molar-refractivity contribution < 1.29 is 4.79 Å². The van der Waals surface area contributed by atoms with Gasteiger partial charge in [-0.3, -0.25) is 4.79 Å². The Morgan fingerprint density at radius 2 is 1.91 bits per heavy atom. The molecule has 1 aliphatic heterocycles. The Labute approximate surface area is 141 Å². The number of carbonyl (C=O) groups is 1. The quantitative estimate of drug-likeness (QED) is 0.868. The lowest BCUT2D eigenvalue weighted by molar-refractivity contribution is -0.129. The zero-order valence-corrected chi connectivity index (χ0v) is 14.6. The van der Waals surface area contributed by atoms with E-state index in [0.29, 0.717) is 18.8 Å². The first kappa shape index (κ1) is 16.1. The average molecular weight is 330 g/mol. The molecule has 1 aromatic carbocycles. The van der Waals surface area contributed by atoms with Gasteiger partial charge in [0.15, 0.2) is 11.6 Å². The lowest BCUT2D eigenvalue weighted by Crippen LogP contribution is -2.40. The monoisotopic (exact) mass is 330 g/mol. The highest BCUT2D eigenvalue weighted by atomic mass is 32.2. The summed E-state index contributed by atoms with van der Waals surface area (Å²) >= 11 is 1.68. The maximum absolute atomic E-state index is 12.4. The van der Waals surface area contributed by atoms with Crippen molar-refractivity contribution in [2.24, 2.45) is 0 Å². The minimum Gasteiger partial charge on any atom is -0.333 e. The molecule has 1 amide bonds. The SMILES string of the molecule is CC(C)(C)SCC(=O)N1CCn2c(nnc2-c2ccccc2)C1. The molecule has 2 aromatic rings. The standard InChI is InChI=1S/C17H22N4OS/c1-17(2,3)23-12-15(22)20-9-10-21-14(11-20)18-19-16(21)13-7-5-4-6-8-13/h4-8H,9-12H2,1-3H3. The minimum absolute atomic E-state index is 0.103. The summed E-state index contributed by atoms with van der Waals surface area (Å²) in [5, 5.41) is 8.60. The molecule has 0 atom stereocenters. The van der Waals surface area contributed by atoms with Crippen molar-refractivity contribution in [1.82, 2.24) is 19.7 Å². The maximum Gasteiger partial charge on any atom is 0.233 e. The van der Waals surface area contributed by atoms with Crippen LogP contribution in [0.4, 0.5) is 0 Å². The predicted molar refractivity (Wildman–Crippen MR) is 93.1 cm³/mol. The molecule has 1 aromatic heterocycles. The van der Waals surface area contributed by atoms with Crippen LogP contribution in [-0.4, -0.2) is 42.6 Å². The number of nitrogens with zero attached hydrogens (tertiary/aromatic N) is 4. The van der Waals surface area contributed by atoms with Gasteiger partial charge in [-0.1, -0.05) is 51.1 Å². The summed E-state index contributed by atoms with van der Waals surface area (Å²) in [4.78, 5) is 14.3. The van der Waals surface area contributed by atoms with E-state index in [4.69, 9.17) is 0 Å². The van der Waals surface area contributed by atoms with E-state index in [9.17, 15) is 4.79 Å². The van der Waals surface area contributed by atoms with Crippen LogP contribution < -0.4 is 0 Å². The molecule has 23 heavy (non-hydrogen) atoms. The second-order valence-electron chi connectivity index (χ2n) is 6.67. The van der Waals surface area contributed by atoms with E-state index in [0.717, 1.165) is 23.8 Å². The van der Waals surface area contributed by atoms with Crippen molar-refractivity contribution in [2.45, 2.75) is 38.6 Å². The van der Waals surface area contributed by atoms with E-state index in [1.165, 1.54) is 0 Å². The van der Waals surface area contributed by atoms with Gasteiger partial charge < -0.3 is 9.47 Å².